The topological polar surface area (TPSA) is 116 Å². The van der Waals surface area contributed by atoms with Crippen molar-refractivity contribution in [2.75, 3.05) is 0 Å². The minimum absolute atomic E-state index is 0.0211. The maximum atomic E-state index is 12.2. The second-order valence-corrected chi connectivity index (χ2v) is 6.79. The van der Waals surface area contributed by atoms with Gasteiger partial charge in [-0.25, -0.2) is 4.68 Å². The Bertz CT molecular complexity index is 1240. The number of aromatic nitrogens is 4. The van der Waals surface area contributed by atoms with Crippen LogP contribution in [0.5, 0.6) is 0 Å². The van der Waals surface area contributed by atoms with Gasteiger partial charge in [0.1, 0.15) is 18.1 Å². The van der Waals surface area contributed by atoms with Crippen LogP contribution in [-0.2, 0) is 13.1 Å². The molecule has 1 N–H and O–H groups in total. The highest BCUT2D eigenvalue weighted by Gasteiger charge is 2.16. The van der Waals surface area contributed by atoms with E-state index < -0.39 is 5.91 Å². The number of hydrogen-bond donors (Lipinski definition) is 1. The lowest BCUT2D eigenvalue weighted by Crippen LogP contribution is -2.24. The number of carbonyl (C=O) groups excluding carboxylic acids is 1. The van der Waals surface area contributed by atoms with Crippen LogP contribution in [0.1, 0.15) is 33.6 Å². The Morgan fingerprint density at radius 3 is 2.60 bits per heavy atom. The van der Waals surface area contributed by atoms with Gasteiger partial charge in [0.15, 0.2) is 5.82 Å². The van der Waals surface area contributed by atoms with E-state index in [2.05, 4.69) is 20.6 Å². The van der Waals surface area contributed by atoms with Crippen molar-refractivity contribution in [3.05, 3.63) is 87.7 Å². The van der Waals surface area contributed by atoms with E-state index in [0.717, 1.165) is 16.9 Å². The van der Waals surface area contributed by atoms with Gasteiger partial charge in [-0.1, -0.05) is 35.0 Å². The summed E-state index contributed by atoms with van der Waals surface area (Å²) in [6, 6.07) is 14.5. The van der Waals surface area contributed by atoms with Crippen molar-refractivity contribution in [2.45, 2.75) is 26.9 Å². The number of nitrogens with one attached hydrogen (secondary N) is 1. The summed E-state index contributed by atoms with van der Waals surface area (Å²) < 4.78 is 11.6. The van der Waals surface area contributed by atoms with Gasteiger partial charge in [-0.15, -0.1) is 0 Å². The van der Waals surface area contributed by atoms with E-state index in [4.69, 9.17) is 8.94 Å². The highest BCUT2D eigenvalue weighted by atomic mass is 16.5. The summed E-state index contributed by atoms with van der Waals surface area (Å²) in [4.78, 5) is 28.4. The van der Waals surface area contributed by atoms with Gasteiger partial charge in [0, 0.05) is 11.6 Å². The SMILES string of the molecule is Cc1ccc(-c2ccc(=O)n(Cc3noc(C(=O)NCc4ccc(C)o4)n3)n2)cc1. The van der Waals surface area contributed by atoms with E-state index in [-0.39, 0.29) is 30.4 Å². The van der Waals surface area contributed by atoms with Gasteiger partial charge in [0.25, 0.3) is 5.56 Å². The molecule has 0 saturated heterocycles. The maximum absolute atomic E-state index is 12.2. The third-order valence-electron chi connectivity index (χ3n) is 4.39. The van der Waals surface area contributed by atoms with Crippen molar-refractivity contribution in [2.24, 2.45) is 0 Å². The smallest absolute Gasteiger partial charge is 0.316 e. The molecule has 152 valence electrons. The third-order valence-corrected chi connectivity index (χ3v) is 4.39. The standard InChI is InChI=1S/C21H19N5O4/c1-13-3-6-15(7-4-13)17-9-10-19(27)26(24-17)12-18-23-21(30-25-18)20(28)22-11-16-8-5-14(2)29-16/h3-10H,11-12H2,1-2H3,(H,22,28). The zero-order valence-electron chi connectivity index (χ0n) is 16.5. The molecule has 4 aromatic rings. The predicted molar refractivity (Wildman–Crippen MR) is 107 cm³/mol. The molecule has 3 heterocycles. The van der Waals surface area contributed by atoms with Crippen LogP contribution in [-0.4, -0.2) is 25.8 Å². The van der Waals surface area contributed by atoms with Crippen molar-refractivity contribution in [3.63, 3.8) is 0 Å². The van der Waals surface area contributed by atoms with Crippen LogP contribution in [0.15, 0.2) is 62.3 Å². The summed E-state index contributed by atoms with van der Waals surface area (Å²) in [5.41, 5.74) is 2.35. The number of hydrogen-bond acceptors (Lipinski definition) is 7. The summed E-state index contributed by atoms with van der Waals surface area (Å²) in [6.45, 7) is 3.99. The van der Waals surface area contributed by atoms with Gasteiger partial charge in [-0.3, -0.25) is 9.59 Å². The molecule has 30 heavy (non-hydrogen) atoms. The lowest BCUT2D eigenvalue weighted by atomic mass is 10.1. The molecule has 0 aliphatic rings. The fourth-order valence-electron chi connectivity index (χ4n) is 2.81. The molecule has 0 radical (unpaired) electrons. The molecule has 0 aliphatic carbocycles. The number of nitrogens with zero attached hydrogens (tertiary/aromatic N) is 4. The minimum atomic E-state index is -0.531. The van der Waals surface area contributed by atoms with Gasteiger partial charge in [0.05, 0.1) is 12.2 Å². The second-order valence-electron chi connectivity index (χ2n) is 6.79. The van der Waals surface area contributed by atoms with Crippen molar-refractivity contribution >= 4 is 5.91 Å². The molecule has 9 heteroatoms. The molecule has 0 aliphatic heterocycles. The highest BCUT2D eigenvalue weighted by Crippen LogP contribution is 2.16. The Balaban J connectivity index is 1.46. The summed E-state index contributed by atoms with van der Waals surface area (Å²) in [7, 11) is 0. The van der Waals surface area contributed by atoms with Crippen molar-refractivity contribution < 1.29 is 13.7 Å². The average molecular weight is 405 g/mol. The molecular formula is C21H19N5O4. The second kappa shape index (κ2) is 8.16. The van der Waals surface area contributed by atoms with Gasteiger partial charge in [-0.05, 0) is 32.0 Å². The van der Waals surface area contributed by atoms with Gasteiger partial charge < -0.3 is 14.3 Å². The quantitative estimate of drug-likeness (QED) is 0.524. The monoisotopic (exact) mass is 405 g/mol. The third kappa shape index (κ3) is 4.35. The molecule has 0 atom stereocenters. The Kier molecular flexibility index (Phi) is 5.25. The first-order chi connectivity index (χ1) is 14.5. The number of benzene rings is 1. The van der Waals surface area contributed by atoms with Crippen LogP contribution in [0.4, 0.5) is 0 Å². The summed E-state index contributed by atoms with van der Waals surface area (Å²) in [5.74, 6) is 0.812. The molecule has 4 rings (SSSR count). The number of carbonyl (C=O) groups is 1. The molecule has 1 amide bonds. The highest BCUT2D eigenvalue weighted by molar-refractivity contribution is 5.89. The van der Waals surface area contributed by atoms with Crippen LogP contribution in [0, 0.1) is 13.8 Å². The van der Waals surface area contributed by atoms with E-state index in [0.29, 0.717) is 11.5 Å². The van der Waals surface area contributed by atoms with E-state index in [1.54, 1.807) is 12.1 Å². The molecule has 0 fully saturated rings. The first-order valence-electron chi connectivity index (χ1n) is 9.29. The van der Waals surface area contributed by atoms with Gasteiger partial charge in [0.2, 0.25) is 0 Å². The van der Waals surface area contributed by atoms with E-state index >= 15 is 0 Å². The minimum Gasteiger partial charge on any atom is -0.465 e. The molecule has 0 bridgehead atoms. The normalized spacial score (nSPS) is 10.9. The molecule has 0 spiro atoms. The molecule has 3 aromatic heterocycles. The zero-order valence-corrected chi connectivity index (χ0v) is 16.5. The Morgan fingerprint density at radius 2 is 1.87 bits per heavy atom. The van der Waals surface area contributed by atoms with Crippen molar-refractivity contribution in [1.29, 1.82) is 0 Å². The fraction of sp³-hybridized carbons (Fsp3) is 0.190. The van der Waals surface area contributed by atoms with E-state index in [1.807, 2.05) is 44.2 Å². The van der Waals surface area contributed by atoms with Crippen LogP contribution >= 0.6 is 0 Å². The van der Waals surface area contributed by atoms with Crippen molar-refractivity contribution in [1.82, 2.24) is 25.2 Å². The molecule has 9 nitrogen and oxygen atoms in total. The summed E-state index contributed by atoms with van der Waals surface area (Å²) in [5, 5.41) is 10.8. The number of rotatable bonds is 6. The Morgan fingerprint density at radius 1 is 1.07 bits per heavy atom. The largest absolute Gasteiger partial charge is 0.465 e. The fourth-order valence-corrected chi connectivity index (χ4v) is 2.81. The Labute approximate surface area is 171 Å². The number of amides is 1. The lowest BCUT2D eigenvalue weighted by molar-refractivity contribution is 0.0904. The number of aryl methyl sites for hydroxylation is 2. The first kappa shape index (κ1) is 19.3. The van der Waals surface area contributed by atoms with E-state index in [9.17, 15) is 9.59 Å². The van der Waals surface area contributed by atoms with Crippen LogP contribution in [0.25, 0.3) is 11.3 Å². The Hall–Kier alpha value is -4.01. The molecule has 1 aromatic carbocycles. The maximum Gasteiger partial charge on any atom is 0.316 e. The molecule has 0 unspecified atom stereocenters. The summed E-state index contributed by atoms with van der Waals surface area (Å²) in [6.07, 6.45) is 0. The van der Waals surface area contributed by atoms with Gasteiger partial charge in [-0.2, -0.15) is 10.1 Å². The molecule has 0 saturated carbocycles. The first-order valence-corrected chi connectivity index (χ1v) is 9.29. The molecular weight excluding hydrogens is 386 g/mol. The van der Waals surface area contributed by atoms with E-state index in [1.165, 1.54) is 10.7 Å². The van der Waals surface area contributed by atoms with Crippen LogP contribution in [0.3, 0.4) is 0 Å². The zero-order chi connectivity index (χ0) is 21.1. The average Bonchev–Trinajstić information content (AvgIpc) is 3.37. The van der Waals surface area contributed by atoms with Crippen LogP contribution < -0.4 is 10.9 Å². The van der Waals surface area contributed by atoms with Gasteiger partial charge >= 0.3 is 11.8 Å². The summed E-state index contributed by atoms with van der Waals surface area (Å²) >= 11 is 0. The predicted octanol–water partition coefficient (Wildman–Crippen LogP) is 2.48. The van der Waals surface area contributed by atoms with Crippen LogP contribution in [0.2, 0.25) is 0 Å². The number of furan rings is 1. The van der Waals surface area contributed by atoms with Crippen molar-refractivity contribution in [3.8, 4) is 11.3 Å². The lowest BCUT2D eigenvalue weighted by Gasteiger charge is -2.05.